The molecule has 4 rings (SSSR count). The molecule has 2 aromatic rings. The summed E-state index contributed by atoms with van der Waals surface area (Å²) in [6.07, 6.45) is 2.66. The van der Waals surface area contributed by atoms with Gasteiger partial charge in [-0.3, -0.25) is 4.90 Å². The van der Waals surface area contributed by atoms with E-state index in [1.165, 1.54) is 29.0 Å². The maximum absolute atomic E-state index is 6.05. The van der Waals surface area contributed by atoms with Gasteiger partial charge in [0.1, 0.15) is 0 Å². The summed E-state index contributed by atoms with van der Waals surface area (Å²) in [5, 5.41) is 0. The van der Waals surface area contributed by atoms with Crippen LogP contribution in [0, 0.1) is 5.92 Å². The second-order valence-electron chi connectivity index (χ2n) is 6.64. The first-order chi connectivity index (χ1) is 10.8. The summed E-state index contributed by atoms with van der Waals surface area (Å²) in [4.78, 5) is 8.66. The zero-order valence-corrected chi connectivity index (χ0v) is 14.9. The average Bonchev–Trinajstić information content (AvgIpc) is 3.16. The van der Waals surface area contributed by atoms with Crippen LogP contribution in [0.5, 0.6) is 0 Å². The molecule has 5 heteroatoms. The van der Waals surface area contributed by atoms with E-state index in [1.807, 2.05) is 16.8 Å². The van der Waals surface area contributed by atoms with Gasteiger partial charge in [-0.1, -0.05) is 30.3 Å². The van der Waals surface area contributed by atoms with Crippen molar-refractivity contribution in [3.63, 3.8) is 0 Å². The summed E-state index contributed by atoms with van der Waals surface area (Å²) in [5.41, 5.74) is 10.9. The summed E-state index contributed by atoms with van der Waals surface area (Å²) in [5.74, 6) is 1.89. The average molecular weight is 350 g/mol. The van der Waals surface area contributed by atoms with E-state index in [4.69, 9.17) is 5.73 Å². The fourth-order valence-electron chi connectivity index (χ4n) is 3.70. The molecule has 2 atom stereocenters. The lowest BCUT2D eigenvalue weighted by Crippen LogP contribution is -2.23. The predicted octanol–water partition coefficient (Wildman–Crippen LogP) is 3.62. The highest BCUT2D eigenvalue weighted by Gasteiger charge is 2.34. The van der Waals surface area contributed by atoms with Crippen LogP contribution < -0.4 is 5.73 Å². The third kappa shape index (κ3) is 3.61. The molecule has 23 heavy (non-hydrogen) atoms. The van der Waals surface area contributed by atoms with Gasteiger partial charge in [-0.05, 0) is 30.9 Å². The van der Waals surface area contributed by atoms with E-state index >= 15 is 0 Å². The first-order valence-corrected chi connectivity index (χ1v) is 9.12. The maximum Gasteiger partial charge on any atom is 0.0798 e. The molecule has 0 unspecified atom stereocenters. The van der Waals surface area contributed by atoms with Crippen molar-refractivity contribution in [2.75, 3.05) is 19.6 Å². The maximum atomic E-state index is 6.05. The van der Waals surface area contributed by atoms with Crippen LogP contribution in [0.3, 0.4) is 0 Å². The SMILES string of the molecule is Cl.NC[C@@H]1CN(Cc2scnc2C2CC2)C[C@H]1c1ccccc1. The van der Waals surface area contributed by atoms with Crippen LogP contribution in [0.2, 0.25) is 0 Å². The van der Waals surface area contributed by atoms with E-state index in [1.54, 1.807) is 0 Å². The van der Waals surface area contributed by atoms with Gasteiger partial charge in [0.05, 0.1) is 11.2 Å². The molecule has 1 aromatic heterocycles. The summed E-state index contributed by atoms with van der Waals surface area (Å²) >= 11 is 1.83. The van der Waals surface area contributed by atoms with E-state index in [0.717, 1.165) is 32.1 Å². The second kappa shape index (κ2) is 7.31. The number of halogens is 1. The highest BCUT2D eigenvalue weighted by Crippen LogP contribution is 2.42. The van der Waals surface area contributed by atoms with Crippen molar-refractivity contribution in [3.05, 3.63) is 52.0 Å². The van der Waals surface area contributed by atoms with Gasteiger partial charge in [0.25, 0.3) is 0 Å². The van der Waals surface area contributed by atoms with Crippen molar-refractivity contribution in [2.45, 2.75) is 31.2 Å². The van der Waals surface area contributed by atoms with Crippen molar-refractivity contribution in [2.24, 2.45) is 11.7 Å². The molecule has 0 amide bonds. The summed E-state index contributed by atoms with van der Waals surface area (Å²) in [6.45, 7) is 4.05. The summed E-state index contributed by atoms with van der Waals surface area (Å²) < 4.78 is 0. The number of hydrogen-bond donors (Lipinski definition) is 1. The van der Waals surface area contributed by atoms with Gasteiger partial charge >= 0.3 is 0 Å². The zero-order chi connectivity index (χ0) is 14.9. The smallest absolute Gasteiger partial charge is 0.0798 e. The minimum Gasteiger partial charge on any atom is -0.330 e. The Kier molecular flexibility index (Phi) is 5.37. The summed E-state index contributed by atoms with van der Waals surface area (Å²) in [7, 11) is 0. The number of hydrogen-bond acceptors (Lipinski definition) is 4. The second-order valence-corrected chi connectivity index (χ2v) is 7.58. The molecule has 0 spiro atoms. The van der Waals surface area contributed by atoms with Gasteiger partial charge in [-0.15, -0.1) is 23.7 Å². The van der Waals surface area contributed by atoms with E-state index in [-0.39, 0.29) is 12.4 Å². The molecule has 3 nitrogen and oxygen atoms in total. The van der Waals surface area contributed by atoms with Gasteiger partial charge in [-0.25, -0.2) is 4.98 Å². The molecule has 0 bridgehead atoms. The molecule has 2 aliphatic rings. The lowest BCUT2D eigenvalue weighted by molar-refractivity contribution is 0.318. The van der Waals surface area contributed by atoms with Crippen LogP contribution in [0.25, 0.3) is 0 Å². The largest absolute Gasteiger partial charge is 0.330 e. The molecule has 1 aliphatic heterocycles. The van der Waals surface area contributed by atoms with Crippen LogP contribution in [-0.2, 0) is 6.54 Å². The number of thiazole rings is 1. The number of likely N-dealkylation sites (tertiary alicyclic amines) is 1. The fraction of sp³-hybridized carbons (Fsp3) is 0.500. The Balaban J connectivity index is 0.00000156. The molecule has 2 heterocycles. The molecule has 1 saturated carbocycles. The number of aromatic nitrogens is 1. The number of nitrogens with two attached hydrogens (primary N) is 1. The predicted molar refractivity (Wildman–Crippen MR) is 98.3 cm³/mol. The molecule has 1 saturated heterocycles. The normalized spacial score (nSPS) is 24.6. The molecular formula is C18H24ClN3S. The summed E-state index contributed by atoms with van der Waals surface area (Å²) in [6, 6.07) is 10.9. The van der Waals surface area contributed by atoms with Crippen LogP contribution in [-0.4, -0.2) is 29.5 Å². The highest BCUT2D eigenvalue weighted by molar-refractivity contribution is 7.09. The van der Waals surface area contributed by atoms with Gasteiger partial charge in [0.15, 0.2) is 0 Å². The van der Waals surface area contributed by atoms with Gasteiger partial charge in [0.2, 0.25) is 0 Å². The van der Waals surface area contributed by atoms with Crippen LogP contribution >= 0.6 is 23.7 Å². The van der Waals surface area contributed by atoms with Crippen molar-refractivity contribution in [3.8, 4) is 0 Å². The Morgan fingerprint density at radius 1 is 1.17 bits per heavy atom. The van der Waals surface area contributed by atoms with Crippen LogP contribution in [0.4, 0.5) is 0 Å². The lowest BCUT2D eigenvalue weighted by atomic mass is 9.89. The number of benzene rings is 1. The lowest BCUT2D eigenvalue weighted by Gasteiger charge is -2.16. The van der Waals surface area contributed by atoms with Crippen LogP contribution in [0.15, 0.2) is 35.8 Å². The zero-order valence-electron chi connectivity index (χ0n) is 13.2. The fourth-order valence-corrected chi connectivity index (χ4v) is 4.59. The molecule has 2 N–H and O–H groups in total. The minimum absolute atomic E-state index is 0. The number of rotatable bonds is 5. The quantitative estimate of drug-likeness (QED) is 0.896. The monoisotopic (exact) mass is 349 g/mol. The van der Waals surface area contributed by atoms with E-state index in [9.17, 15) is 0 Å². The Labute approximate surface area is 148 Å². The topological polar surface area (TPSA) is 42.1 Å². The van der Waals surface area contributed by atoms with Gasteiger partial charge in [0, 0.05) is 36.3 Å². The molecule has 124 valence electrons. The van der Waals surface area contributed by atoms with Crippen molar-refractivity contribution < 1.29 is 0 Å². The van der Waals surface area contributed by atoms with Crippen molar-refractivity contribution in [1.29, 1.82) is 0 Å². The van der Waals surface area contributed by atoms with Crippen molar-refractivity contribution in [1.82, 2.24) is 9.88 Å². The van der Waals surface area contributed by atoms with Gasteiger partial charge < -0.3 is 5.73 Å². The Hall–Kier alpha value is -0.940. The first kappa shape index (κ1) is 16.9. The first-order valence-electron chi connectivity index (χ1n) is 8.24. The van der Waals surface area contributed by atoms with E-state index in [2.05, 4.69) is 40.2 Å². The Bertz CT molecular complexity index is 626. The van der Waals surface area contributed by atoms with E-state index in [0.29, 0.717) is 11.8 Å². The third-order valence-electron chi connectivity index (χ3n) is 5.05. The van der Waals surface area contributed by atoms with E-state index < -0.39 is 0 Å². The standard InChI is InChI=1S/C18H23N3S.ClH/c19-8-15-9-21(10-16(15)13-4-2-1-3-5-13)11-17-18(14-6-7-14)20-12-22-17;/h1-5,12,14-16H,6-11,19H2;1H/t15-,16+;/m1./s1. The van der Waals surface area contributed by atoms with Gasteiger partial charge in [-0.2, -0.15) is 0 Å². The minimum atomic E-state index is 0. The Morgan fingerprint density at radius 3 is 2.65 bits per heavy atom. The van der Waals surface area contributed by atoms with Crippen molar-refractivity contribution >= 4 is 23.7 Å². The third-order valence-corrected chi connectivity index (χ3v) is 5.88. The molecule has 2 fully saturated rings. The highest BCUT2D eigenvalue weighted by atomic mass is 35.5. The molecule has 1 aromatic carbocycles. The molecule has 0 radical (unpaired) electrons. The molecular weight excluding hydrogens is 326 g/mol. The molecule has 1 aliphatic carbocycles. The Morgan fingerprint density at radius 2 is 1.96 bits per heavy atom. The van der Waals surface area contributed by atoms with Crippen LogP contribution in [0.1, 0.15) is 40.8 Å². The number of nitrogens with zero attached hydrogens (tertiary/aromatic N) is 2.